The van der Waals surface area contributed by atoms with Crippen LogP contribution in [0.1, 0.15) is 87.4 Å². The quantitative estimate of drug-likeness (QED) is 0.798. The number of imidazole rings is 1. The number of nitrogens with one attached hydrogen (secondary N) is 1. The molecule has 1 heterocycles. The van der Waals surface area contributed by atoms with Crippen LogP contribution in [0.15, 0.2) is 6.33 Å². The van der Waals surface area contributed by atoms with Crippen LogP contribution in [0.2, 0.25) is 0 Å². The standard InChI is InChI=1S/C15H24N2/c1-3-7-12(8-4-1)14-15(17-11-16-14)13-9-5-2-6-10-13/h11-13H,1-10H2,(H,16,17). The van der Waals surface area contributed by atoms with Crippen LogP contribution in [0.25, 0.3) is 0 Å². The monoisotopic (exact) mass is 232 g/mol. The van der Waals surface area contributed by atoms with Crippen molar-refractivity contribution >= 4 is 0 Å². The Morgan fingerprint density at radius 2 is 1.41 bits per heavy atom. The van der Waals surface area contributed by atoms with Gasteiger partial charge in [-0.05, 0) is 25.7 Å². The van der Waals surface area contributed by atoms with Gasteiger partial charge in [0.05, 0.1) is 12.0 Å². The van der Waals surface area contributed by atoms with Gasteiger partial charge in [-0.15, -0.1) is 0 Å². The van der Waals surface area contributed by atoms with Gasteiger partial charge in [-0.2, -0.15) is 0 Å². The molecule has 2 fully saturated rings. The van der Waals surface area contributed by atoms with Crippen LogP contribution in [0, 0.1) is 0 Å². The summed E-state index contributed by atoms with van der Waals surface area (Å²) in [5.41, 5.74) is 2.92. The van der Waals surface area contributed by atoms with E-state index in [1.807, 2.05) is 6.33 Å². The van der Waals surface area contributed by atoms with Crippen LogP contribution >= 0.6 is 0 Å². The van der Waals surface area contributed by atoms with Crippen LogP contribution < -0.4 is 0 Å². The molecule has 0 aliphatic heterocycles. The number of nitrogens with zero attached hydrogens (tertiary/aromatic N) is 1. The van der Waals surface area contributed by atoms with E-state index in [1.165, 1.54) is 75.6 Å². The van der Waals surface area contributed by atoms with Gasteiger partial charge in [0.15, 0.2) is 0 Å². The van der Waals surface area contributed by atoms with Gasteiger partial charge < -0.3 is 4.98 Å². The molecule has 3 rings (SSSR count). The summed E-state index contributed by atoms with van der Waals surface area (Å²) in [6, 6.07) is 0. The predicted octanol–water partition coefficient (Wildman–Crippen LogP) is 4.51. The smallest absolute Gasteiger partial charge is 0.0925 e. The van der Waals surface area contributed by atoms with E-state index in [0.717, 1.165) is 11.8 Å². The Labute approximate surface area is 104 Å². The van der Waals surface area contributed by atoms with Crippen LogP contribution in [0.4, 0.5) is 0 Å². The molecule has 0 amide bonds. The molecule has 1 N–H and O–H groups in total. The minimum absolute atomic E-state index is 0.756. The van der Waals surface area contributed by atoms with E-state index < -0.39 is 0 Å². The number of rotatable bonds is 2. The van der Waals surface area contributed by atoms with Crippen molar-refractivity contribution < 1.29 is 0 Å². The first-order chi connectivity index (χ1) is 8.45. The zero-order valence-electron chi connectivity index (χ0n) is 10.8. The number of hydrogen-bond acceptors (Lipinski definition) is 1. The average Bonchev–Trinajstić information content (AvgIpc) is 2.90. The highest BCUT2D eigenvalue weighted by Crippen LogP contribution is 2.39. The molecule has 2 nitrogen and oxygen atoms in total. The first kappa shape index (κ1) is 11.3. The number of aromatic nitrogens is 2. The highest BCUT2D eigenvalue weighted by molar-refractivity contribution is 5.21. The van der Waals surface area contributed by atoms with Crippen LogP contribution in [0.3, 0.4) is 0 Å². The first-order valence-electron chi connectivity index (χ1n) is 7.48. The second-order valence-electron chi connectivity index (χ2n) is 5.87. The minimum Gasteiger partial charge on any atom is -0.348 e. The third-order valence-corrected chi connectivity index (χ3v) is 4.70. The summed E-state index contributed by atoms with van der Waals surface area (Å²) in [6.07, 6.45) is 15.9. The molecule has 0 bridgehead atoms. The lowest BCUT2D eigenvalue weighted by Crippen LogP contribution is -2.12. The van der Waals surface area contributed by atoms with E-state index in [0.29, 0.717) is 0 Å². The van der Waals surface area contributed by atoms with Crippen LogP contribution in [0.5, 0.6) is 0 Å². The van der Waals surface area contributed by atoms with Crippen molar-refractivity contribution in [2.24, 2.45) is 0 Å². The van der Waals surface area contributed by atoms with Gasteiger partial charge in [0.2, 0.25) is 0 Å². The number of hydrogen-bond donors (Lipinski definition) is 1. The second-order valence-corrected chi connectivity index (χ2v) is 5.87. The Kier molecular flexibility index (Phi) is 3.49. The molecule has 0 aromatic carbocycles. The van der Waals surface area contributed by atoms with Crippen molar-refractivity contribution in [1.29, 1.82) is 0 Å². The summed E-state index contributed by atoms with van der Waals surface area (Å²) in [7, 11) is 0. The molecule has 1 aromatic heterocycles. The van der Waals surface area contributed by atoms with E-state index >= 15 is 0 Å². The summed E-state index contributed by atoms with van der Waals surface area (Å²) < 4.78 is 0. The Bertz CT molecular complexity index is 311. The van der Waals surface area contributed by atoms with Crippen molar-refractivity contribution in [2.45, 2.75) is 76.0 Å². The maximum atomic E-state index is 4.66. The highest BCUT2D eigenvalue weighted by atomic mass is 14.9. The zero-order chi connectivity index (χ0) is 11.5. The molecule has 2 aliphatic rings. The molecule has 2 saturated carbocycles. The summed E-state index contributed by atoms with van der Waals surface area (Å²) in [5.74, 6) is 1.54. The molecular formula is C15H24N2. The molecule has 0 radical (unpaired) electrons. The third-order valence-electron chi connectivity index (χ3n) is 4.70. The van der Waals surface area contributed by atoms with Crippen molar-refractivity contribution in [3.8, 4) is 0 Å². The van der Waals surface area contributed by atoms with E-state index in [2.05, 4.69) is 9.97 Å². The maximum Gasteiger partial charge on any atom is 0.0925 e. The van der Waals surface area contributed by atoms with Crippen molar-refractivity contribution in [2.75, 3.05) is 0 Å². The second kappa shape index (κ2) is 5.24. The fourth-order valence-electron chi connectivity index (χ4n) is 3.73. The lowest BCUT2D eigenvalue weighted by atomic mass is 9.81. The van der Waals surface area contributed by atoms with Gasteiger partial charge in [-0.25, -0.2) is 4.98 Å². The fourth-order valence-corrected chi connectivity index (χ4v) is 3.73. The molecule has 0 saturated heterocycles. The Morgan fingerprint density at radius 3 is 2.06 bits per heavy atom. The van der Waals surface area contributed by atoms with E-state index in [4.69, 9.17) is 0 Å². The molecule has 94 valence electrons. The summed E-state index contributed by atoms with van der Waals surface area (Å²) in [6.45, 7) is 0. The van der Waals surface area contributed by atoms with Gasteiger partial charge in [0, 0.05) is 17.5 Å². The normalized spacial score (nSPS) is 24.0. The summed E-state index contributed by atoms with van der Waals surface area (Å²) >= 11 is 0. The average molecular weight is 232 g/mol. The molecule has 1 aromatic rings. The van der Waals surface area contributed by atoms with E-state index in [-0.39, 0.29) is 0 Å². The van der Waals surface area contributed by atoms with Crippen molar-refractivity contribution in [3.05, 3.63) is 17.7 Å². The fraction of sp³-hybridized carbons (Fsp3) is 0.800. The molecule has 17 heavy (non-hydrogen) atoms. The van der Waals surface area contributed by atoms with Gasteiger partial charge in [0.25, 0.3) is 0 Å². The lowest BCUT2D eigenvalue weighted by Gasteiger charge is -2.25. The van der Waals surface area contributed by atoms with Crippen LogP contribution in [-0.2, 0) is 0 Å². The maximum absolute atomic E-state index is 4.66. The summed E-state index contributed by atoms with van der Waals surface area (Å²) in [4.78, 5) is 8.12. The number of aromatic amines is 1. The van der Waals surface area contributed by atoms with E-state index in [9.17, 15) is 0 Å². The van der Waals surface area contributed by atoms with Crippen LogP contribution in [-0.4, -0.2) is 9.97 Å². The topological polar surface area (TPSA) is 28.7 Å². The van der Waals surface area contributed by atoms with E-state index in [1.54, 1.807) is 0 Å². The van der Waals surface area contributed by atoms with Gasteiger partial charge in [0.1, 0.15) is 0 Å². The highest BCUT2D eigenvalue weighted by Gasteiger charge is 2.25. The van der Waals surface area contributed by atoms with Gasteiger partial charge >= 0.3 is 0 Å². The van der Waals surface area contributed by atoms with Crippen molar-refractivity contribution in [3.63, 3.8) is 0 Å². The van der Waals surface area contributed by atoms with Crippen molar-refractivity contribution in [1.82, 2.24) is 9.97 Å². The predicted molar refractivity (Wildman–Crippen MR) is 70.2 cm³/mol. The Morgan fingerprint density at radius 1 is 0.824 bits per heavy atom. The lowest BCUT2D eigenvalue weighted by molar-refractivity contribution is 0.411. The molecule has 0 atom stereocenters. The molecule has 0 unspecified atom stereocenters. The molecule has 2 aliphatic carbocycles. The zero-order valence-corrected chi connectivity index (χ0v) is 10.8. The molecule has 2 heteroatoms. The third kappa shape index (κ3) is 2.41. The molecule has 0 spiro atoms. The Balaban J connectivity index is 1.77. The Hall–Kier alpha value is -0.790. The van der Waals surface area contributed by atoms with Gasteiger partial charge in [-0.1, -0.05) is 38.5 Å². The SMILES string of the molecule is c1nc(C2CCCCC2)c(C2CCCCC2)[nH]1. The number of H-pyrrole nitrogens is 1. The van der Waals surface area contributed by atoms with Gasteiger partial charge in [-0.3, -0.25) is 0 Å². The largest absolute Gasteiger partial charge is 0.348 e. The first-order valence-corrected chi connectivity index (χ1v) is 7.48. The minimum atomic E-state index is 0.756. The molecular weight excluding hydrogens is 208 g/mol. The summed E-state index contributed by atoms with van der Waals surface area (Å²) in [5, 5.41) is 0.